The van der Waals surface area contributed by atoms with Gasteiger partial charge in [0.1, 0.15) is 5.60 Å². The second-order valence-electron chi connectivity index (χ2n) is 16.7. The average Bonchev–Trinajstić information content (AvgIpc) is 3.12. The van der Waals surface area contributed by atoms with Gasteiger partial charge in [0, 0.05) is 19.4 Å². The number of aliphatic carboxylic acids is 1. The summed E-state index contributed by atoms with van der Waals surface area (Å²) in [5.74, 6) is -1.40. The first-order chi connectivity index (χ1) is 25.0. The van der Waals surface area contributed by atoms with E-state index < -0.39 is 34.8 Å². The number of carboxylic acid groups (broad SMARTS) is 1. The molecule has 9 nitrogen and oxygen atoms in total. The van der Waals surface area contributed by atoms with Crippen LogP contribution in [0.3, 0.4) is 0 Å². The number of aliphatic hydroxyl groups excluding tert-OH is 2. The third-order valence-electron chi connectivity index (χ3n) is 11.6. The predicted octanol–water partition coefficient (Wildman–Crippen LogP) is 9.35. The normalized spacial score (nSPS) is 23.7. The monoisotopic (exact) mass is 743 g/mol. The van der Waals surface area contributed by atoms with Crippen molar-refractivity contribution in [3.05, 3.63) is 48.5 Å². The highest BCUT2D eigenvalue weighted by Gasteiger charge is 2.43. The van der Waals surface area contributed by atoms with Crippen molar-refractivity contribution in [2.45, 2.75) is 150 Å². The predicted molar refractivity (Wildman–Crippen MR) is 210 cm³/mol. The van der Waals surface area contributed by atoms with Crippen LogP contribution in [0.1, 0.15) is 132 Å². The molecule has 0 radical (unpaired) electrons. The number of aliphatic hydroxyl groups is 2. The van der Waals surface area contributed by atoms with E-state index >= 15 is 0 Å². The van der Waals surface area contributed by atoms with Gasteiger partial charge in [-0.05, 0) is 108 Å². The molecule has 2 aliphatic rings. The standard InChI is InChI=1S/C33H58O8.C10H8.CH4O/c1-9-32(7,29(36)37)16-12-17-33(8,30(38)40-27-13-10-11-18-39-27)21-23(3)19-24(4)28(35)41-31(5,6)25-15-14-22(2)20-26(25)34;1-2-6-10-8-4-3-7-9(10)5-1;1-2/h22-27,34H,9-21H2,1-8H3,(H,36,37);1-8H;2H,1H3. The average molecular weight is 743 g/mol. The van der Waals surface area contributed by atoms with Gasteiger partial charge in [0.15, 0.2) is 0 Å². The van der Waals surface area contributed by atoms with Crippen LogP contribution in [0.5, 0.6) is 0 Å². The van der Waals surface area contributed by atoms with Crippen molar-refractivity contribution in [1.29, 1.82) is 0 Å². The first kappa shape index (κ1) is 46.1. The number of carboxylic acids is 1. The van der Waals surface area contributed by atoms with Gasteiger partial charge < -0.3 is 29.5 Å². The number of hydrogen-bond donors (Lipinski definition) is 3. The van der Waals surface area contributed by atoms with Crippen molar-refractivity contribution < 1.29 is 43.9 Å². The van der Waals surface area contributed by atoms with E-state index in [1.807, 2.05) is 41.5 Å². The number of esters is 2. The van der Waals surface area contributed by atoms with Crippen molar-refractivity contribution in [3.63, 3.8) is 0 Å². The summed E-state index contributed by atoms with van der Waals surface area (Å²) in [5, 5.41) is 30.0. The molecule has 1 saturated carbocycles. The maximum absolute atomic E-state index is 13.5. The zero-order chi connectivity index (χ0) is 39.8. The Hall–Kier alpha value is -3.01. The molecule has 300 valence electrons. The fraction of sp³-hybridized carbons (Fsp3) is 0.705. The lowest BCUT2D eigenvalue weighted by atomic mass is 9.73. The molecule has 1 heterocycles. The van der Waals surface area contributed by atoms with Crippen molar-refractivity contribution >= 4 is 28.7 Å². The molecule has 8 atom stereocenters. The van der Waals surface area contributed by atoms with E-state index in [1.54, 1.807) is 6.92 Å². The Kier molecular flexibility index (Phi) is 19.0. The first-order valence-electron chi connectivity index (χ1n) is 19.8. The molecule has 0 aromatic heterocycles. The van der Waals surface area contributed by atoms with E-state index in [0.717, 1.165) is 39.2 Å². The maximum Gasteiger partial charge on any atom is 0.314 e. The van der Waals surface area contributed by atoms with Crippen LogP contribution < -0.4 is 0 Å². The molecule has 2 aromatic carbocycles. The molecular formula is C44H70O9. The molecular weight excluding hydrogens is 672 g/mol. The summed E-state index contributed by atoms with van der Waals surface area (Å²) in [5.41, 5.74) is -2.43. The summed E-state index contributed by atoms with van der Waals surface area (Å²) in [6.07, 6.45) is 7.25. The molecule has 8 unspecified atom stereocenters. The fourth-order valence-corrected chi connectivity index (χ4v) is 7.94. The highest BCUT2D eigenvalue weighted by Crippen LogP contribution is 2.41. The van der Waals surface area contributed by atoms with Crippen molar-refractivity contribution in [1.82, 2.24) is 0 Å². The number of fused-ring (bicyclic) bond motifs is 1. The molecule has 0 bridgehead atoms. The Bertz CT molecular complexity index is 1340. The SMILES string of the molecule is CCC(C)(CCCC(C)(CC(C)CC(C)C(=O)OC(C)(C)C1CCC(C)CC1O)C(=O)OC1CCCCO1)C(=O)O.CO.c1ccc2ccccc2c1. The summed E-state index contributed by atoms with van der Waals surface area (Å²) < 4.78 is 17.5. The minimum Gasteiger partial charge on any atom is -0.481 e. The lowest BCUT2D eigenvalue weighted by Crippen LogP contribution is -2.46. The lowest BCUT2D eigenvalue weighted by Gasteiger charge is -2.41. The zero-order valence-corrected chi connectivity index (χ0v) is 34.1. The second-order valence-corrected chi connectivity index (χ2v) is 16.7. The third kappa shape index (κ3) is 14.3. The van der Waals surface area contributed by atoms with Crippen LogP contribution in [-0.4, -0.2) is 64.9 Å². The third-order valence-corrected chi connectivity index (χ3v) is 11.6. The molecule has 2 aromatic rings. The van der Waals surface area contributed by atoms with Gasteiger partial charge in [0.05, 0.1) is 29.5 Å². The number of carbonyl (C=O) groups is 3. The molecule has 3 N–H and O–H groups in total. The van der Waals surface area contributed by atoms with Crippen LogP contribution >= 0.6 is 0 Å². The molecule has 4 rings (SSSR count). The van der Waals surface area contributed by atoms with Crippen molar-refractivity contribution in [2.24, 2.45) is 34.5 Å². The van der Waals surface area contributed by atoms with Crippen LogP contribution in [0.15, 0.2) is 48.5 Å². The van der Waals surface area contributed by atoms with Crippen LogP contribution in [-0.2, 0) is 28.6 Å². The van der Waals surface area contributed by atoms with Gasteiger partial charge in [-0.1, -0.05) is 89.1 Å². The van der Waals surface area contributed by atoms with E-state index in [2.05, 4.69) is 55.5 Å². The Morgan fingerprint density at radius 3 is 1.94 bits per heavy atom. The molecule has 2 fully saturated rings. The van der Waals surface area contributed by atoms with E-state index in [4.69, 9.17) is 19.3 Å². The lowest BCUT2D eigenvalue weighted by molar-refractivity contribution is -0.198. The summed E-state index contributed by atoms with van der Waals surface area (Å²) in [6, 6.07) is 16.7. The molecule has 1 aliphatic heterocycles. The van der Waals surface area contributed by atoms with E-state index in [9.17, 15) is 24.6 Å². The van der Waals surface area contributed by atoms with E-state index in [-0.39, 0.29) is 29.7 Å². The number of carbonyl (C=O) groups excluding carboxylic acids is 2. The zero-order valence-electron chi connectivity index (χ0n) is 34.1. The van der Waals surface area contributed by atoms with Crippen LogP contribution in [0.25, 0.3) is 10.8 Å². The fourth-order valence-electron chi connectivity index (χ4n) is 7.94. The van der Waals surface area contributed by atoms with Gasteiger partial charge in [-0.2, -0.15) is 0 Å². The summed E-state index contributed by atoms with van der Waals surface area (Å²) in [6.45, 7) is 15.9. The Labute approximate surface area is 319 Å². The number of benzene rings is 2. The molecule has 1 saturated heterocycles. The maximum atomic E-state index is 13.5. The number of hydrogen-bond acceptors (Lipinski definition) is 8. The highest BCUT2D eigenvalue weighted by atomic mass is 16.7. The minimum atomic E-state index is -0.835. The van der Waals surface area contributed by atoms with Crippen LogP contribution in [0.2, 0.25) is 0 Å². The van der Waals surface area contributed by atoms with Gasteiger partial charge in [-0.15, -0.1) is 0 Å². The molecule has 53 heavy (non-hydrogen) atoms. The molecule has 0 amide bonds. The Balaban J connectivity index is 0.000000680. The van der Waals surface area contributed by atoms with Crippen LogP contribution in [0.4, 0.5) is 0 Å². The topological polar surface area (TPSA) is 140 Å². The largest absolute Gasteiger partial charge is 0.481 e. The smallest absolute Gasteiger partial charge is 0.314 e. The Morgan fingerprint density at radius 2 is 1.45 bits per heavy atom. The minimum absolute atomic E-state index is 0.0173. The van der Waals surface area contributed by atoms with Crippen molar-refractivity contribution in [3.8, 4) is 0 Å². The van der Waals surface area contributed by atoms with Gasteiger partial charge >= 0.3 is 17.9 Å². The molecule has 1 aliphatic carbocycles. The van der Waals surface area contributed by atoms with Gasteiger partial charge in [0.25, 0.3) is 0 Å². The van der Waals surface area contributed by atoms with Gasteiger partial charge in [0.2, 0.25) is 6.29 Å². The van der Waals surface area contributed by atoms with E-state index in [1.165, 1.54) is 10.8 Å². The Morgan fingerprint density at radius 1 is 0.887 bits per heavy atom. The quantitative estimate of drug-likeness (QED) is 0.152. The van der Waals surface area contributed by atoms with Crippen molar-refractivity contribution in [2.75, 3.05) is 13.7 Å². The van der Waals surface area contributed by atoms with Gasteiger partial charge in [-0.3, -0.25) is 14.4 Å². The summed E-state index contributed by atoms with van der Waals surface area (Å²) in [7, 11) is 1.00. The number of ether oxygens (including phenoxy) is 3. The summed E-state index contributed by atoms with van der Waals surface area (Å²) >= 11 is 0. The summed E-state index contributed by atoms with van der Waals surface area (Å²) in [4.78, 5) is 38.5. The second kappa shape index (κ2) is 21.8. The van der Waals surface area contributed by atoms with E-state index in [0.29, 0.717) is 57.5 Å². The molecule has 0 spiro atoms. The first-order valence-corrected chi connectivity index (χ1v) is 19.8. The van der Waals surface area contributed by atoms with Crippen LogP contribution in [0, 0.1) is 34.5 Å². The van der Waals surface area contributed by atoms with Gasteiger partial charge in [-0.25, -0.2) is 0 Å². The number of rotatable bonds is 15. The highest BCUT2D eigenvalue weighted by molar-refractivity contribution is 5.82. The molecule has 9 heteroatoms.